The van der Waals surface area contributed by atoms with Gasteiger partial charge in [0.2, 0.25) is 0 Å². The van der Waals surface area contributed by atoms with Gasteiger partial charge in [0.1, 0.15) is 0 Å². The molecule has 0 atom stereocenters. The third kappa shape index (κ3) is 2.75. The van der Waals surface area contributed by atoms with Crippen LogP contribution in [-0.4, -0.2) is 28.6 Å². The fourth-order valence-corrected chi connectivity index (χ4v) is 2.99. The summed E-state index contributed by atoms with van der Waals surface area (Å²) in [6.07, 6.45) is 1.79. The van der Waals surface area contributed by atoms with E-state index in [4.69, 9.17) is 5.11 Å². The maximum atomic E-state index is 13.7. The molecule has 1 aromatic carbocycles. The second kappa shape index (κ2) is 5.56. The summed E-state index contributed by atoms with van der Waals surface area (Å²) in [4.78, 5) is 10.6. The molecule has 0 spiro atoms. The number of carboxylic acids is 1. The molecule has 1 aliphatic heterocycles. The van der Waals surface area contributed by atoms with Gasteiger partial charge in [-0.25, -0.2) is 13.6 Å². The molecule has 1 saturated heterocycles. The van der Waals surface area contributed by atoms with Crippen LogP contribution in [0.1, 0.15) is 23.2 Å². The lowest BCUT2D eigenvalue weighted by molar-refractivity contribution is 0.0690. The van der Waals surface area contributed by atoms with E-state index in [1.807, 2.05) is 11.8 Å². The van der Waals surface area contributed by atoms with Crippen molar-refractivity contribution in [3.63, 3.8) is 0 Å². The number of anilines is 1. The highest BCUT2D eigenvalue weighted by atomic mass is 32.2. The molecule has 6 heteroatoms. The van der Waals surface area contributed by atoms with Gasteiger partial charge in [-0.05, 0) is 36.5 Å². The molecule has 3 nitrogen and oxygen atoms in total. The highest BCUT2D eigenvalue weighted by molar-refractivity contribution is 7.99. The van der Waals surface area contributed by atoms with Crippen LogP contribution in [0.2, 0.25) is 0 Å². The van der Waals surface area contributed by atoms with Crippen LogP contribution in [0, 0.1) is 11.6 Å². The van der Waals surface area contributed by atoms with Crippen molar-refractivity contribution >= 4 is 23.4 Å². The zero-order chi connectivity index (χ0) is 13.1. The molecule has 1 heterocycles. The number of aromatic carboxylic acids is 1. The molecular formula is C12H13F2NO2S. The van der Waals surface area contributed by atoms with Crippen LogP contribution in [-0.2, 0) is 0 Å². The molecule has 0 saturated carbocycles. The van der Waals surface area contributed by atoms with Gasteiger partial charge < -0.3 is 10.4 Å². The Labute approximate surface area is 108 Å². The van der Waals surface area contributed by atoms with Crippen molar-refractivity contribution in [1.82, 2.24) is 0 Å². The quantitative estimate of drug-likeness (QED) is 0.889. The topological polar surface area (TPSA) is 49.3 Å². The van der Waals surface area contributed by atoms with Gasteiger partial charge in [0, 0.05) is 6.04 Å². The second-order valence-electron chi connectivity index (χ2n) is 4.12. The Morgan fingerprint density at radius 1 is 1.28 bits per heavy atom. The van der Waals surface area contributed by atoms with Crippen LogP contribution in [0.5, 0.6) is 0 Å². The van der Waals surface area contributed by atoms with Crippen molar-refractivity contribution < 1.29 is 18.7 Å². The van der Waals surface area contributed by atoms with Gasteiger partial charge in [-0.2, -0.15) is 11.8 Å². The molecule has 0 unspecified atom stereocenters. The Kier molecular flexibility index (Phi) is 4.06. The van der Waals surface area contributed by atoms with Crippen LogP contribution < -0.4 is 5.32 Å². The summed E-state index contributed by atoms with van der Waals surface area (Å²) < 4.78 is 27.1. The largest absolute Gasteiger partial charge is 0.478 e. The van der Waals surface area contributed by atoms with E-state index in [0.29, 0.717) is 0 Å². The van der Waals surface area contributed by atoms with Gasteiger partial charge in [-0.15, -0.1) is 0 Å². The first-order valence-electron chi connectivity index (χ1n) is 5.65. The van der Waals surface area contributed by atoms with E-state index < -0.39 is 23.2 Å². The third-order valence-corrected chi connectivity index (χ3v) is 3.94. The maximum Gasteiger partial charge on any atom is 0.338 e. The normalized spacial score (nSPS) is 16.6. The Bertz CT molecular complexity index is 462. The van der Waals surface area contributed by atoms with E-state index in [1.165, 1.54) is 6.07 Å². The molecule has 0 bridgehead atoms. The van der Waals surface area contributed by atoms with Gasteiger partial charge in [-0.3, -0.25) is 0 Å². The summed E-state index contributed by atoms with van der Waals surface area (Å²) >= 11 is 1.84. The van der Waals surface area contributed by atoms with Gasteiger partial charge in [-0.1, -0.05) is 0 Å². The molecule has 1 fully saturated rings. The molecule has 18 heavy (non-hydrogen) atoms. The SMILES string of the molecule is O=C(O)c1ccc(NC2CCSCC2)c(F)c1F. The molecule has 1 aromatic rings. The number of thioether (sulfide) groups is 1. The zero-order valence-corrected chi connectivity index (χ0v) is 10.4. The first-order valence-corrected chi connectivity index (χ1v) is 6.80. The van der Waals surface area contributed by atoms with Crippen molar-refractivity contribution in [3.8, 4) is 0 Å². The predicted octanol–water partition coefficient (Wildman–Crippen LogP) is 2.97. The van der Waals surface area contributed by atoms with Gasteiger partial charge in [0.25, 0.3) is 0 Å². The van der Waals surface area contributed by atoms with Crippen LogP contribution in [0.15, 0.2) is 12.1 Å². The monoisotopic (exact) mass is 273 g/mol. The van der Waals surface area contributed by atoms with Crippen molar-refractivity contribution in [2.45, 2.75) is 18.9 Å². The molecule has 0 aliphatic carbocycles. The first-order chi connectivity index (χ1) is 8.59. The van der Waals surface area contributed by atoms with E-state index in [-0.39, 0.29) is 11.7 Å². The van der Waals surface area contributed by atoms with Gasteiger partial charge >= 0.3 is 5.97 Å². The molecule has 0 amide bonds. The van der Waals surface area contributed by atoms with E-state index in [2.05, 4.69) is 5.32 Å². The maximum absolute atomic E-state index is 13.7. The van der Waals surface area contributed by atoms with Crippen LogP contribution in [0.25, 0.3) is 0 Å². The summed E-state index contributed by atoms with van der Waals surface area (Å²) in [5.74, 6) is -1.90. The molecule has 0 aromatic heterocycles. The lowest BCUT2D eigenvalue weighted by Gasteiger charge is -2.24. The van der Waals surface area contributed by atoms with E-state index in [0.717, 1.165) is 30.4 Å². The number of halogens is 2. The predicted molar refractivity (Wildman–Crippen MR) is 67.3 cm³/mol. The number of carboxylic acid groups (broad SMARTS) is 1. The molecule has 2 rings (SSSR count). The molecule has 0 radical (unpaired) electrons. The standard InChI is InChI=1S/C12H13F2NO2S/c13-10-8(12(16)17)1-2-9(11(10)14)15-7-3-5-18-6-4-7/h1-2,7,15H,3-6H2,(H,16,17). The van der Waals surface area contributed by atoms with E-state index >= 15 is 0 Å². The molecule has 2 N–H and O–H groups in total. The second-order valence-corrected chi connectivity index (χ2v) is 5.35. The first kappa shape index (κ1) is 13.1. The smallest absolute Gasteiger partial charge is 0.338 e. The number of hydrogen-bond donors (Lipinski definition) is 2. The van der Waals surface area contributed by atoms with Crippen LogP contribution in [0.4, 0.5) is 14.5 Å². The van der Waals surface area contributed by atoms with Gasteiger partial charge in [0.15, 0.2) is 11.6 Å². The lowest BCUT2D eigenvalue weighted by atomic mass is 10.1. The Hall–Kier alpha value is -1.30. The van der Waals surface area contributed by atoms with E-state index in [1.54, 1.807) is 0 Å². The summed E-state index contributed by atoms with van der Waals surface area (Å²) in [5, 5.41) is 11.6. The third-order valence-electron chi connectivity index (χ3n) is 2.89. The highest BCUT2D eigenvalue weighted by Gasteiger charge is 2.20. The summed E-state index contributed by atoms with van der Waals surface area (Å²) in [6, 6.07) is 2.49. The molecule has 98 valence electrons. The summed E-state index contributed by atoms with van der Waals surface area (Å²) in [7, 11) is 0. The fourth-order valence-electron chi connectivity index (χ4n) is 1.89. The molecule has 1 aliphatic rings. The Morgan fingerprint density at radius 2 is 1.94 bits per heavy atom. The van der Waals surface area contributed by atoms with Crippen molar-refractivity contribution in [1.29, 1.82) is 0 Å². The minimum absolute atomic E-state index is 0.0365. The van der Waals surface area contributed by atoms with Crippen LogP contribution >= 0.6 is 11.8 Å². The number of carbonyl (C=O) groups is 1. The Morgan fingerprint density at radius 3 is 2.56 bits per heavy atom. The van der Waals surface area contributed by atoms with Gasteiger partial charge in [0.05, 0.1) is 11.3 Å². The van der Waals surface area contributed by atoms with Crippen molar-refractivity contribution in [2.75, 3.05) is 16.8 Å². The highest BCUT2D eigenvalue weighted by Crippen LogP contribution is 2.25. The summed E-state index contributed by atoms with van der Waals surface area (Å²) in [6.45, 7) is 0. The average molecular weight is 273 g/mol. The van der Waals surface area contributed by atoms with Crippen molar-refractivity contribution in [3.05, 3.63) is 29.3 Å². The van der Waals surface area contributed by atoms with Crippen molar-refractivity contribution in [2.24, 2.45) is 0 Å². The summed E-state index contributed by atoms with van der Waals surface area (Å²) in [5.41, 5.74) is -0.605. The lowest BCUT2D eigenvalue weighted by Crippen LogP contribution is -2.25. The minimum Gasteiger partial charge on any atom is -0.478 e. The minimum atomic E-state index is -1.47. The average Bonchev–Trinajstić information content (AvgIpc) is 2.36. The number of nitrogens with one attached hydrogen (secondary N) is 1. The number of rotatable bonds is 3. The number of hydrogen-bond acceptors (Lipinski definition) is 3. The van der Waals surface area contributed by atoms with E-state index in [9.17, 15) is 13.6 Å². The van der Waals surface area contributed by atoms with Crippen LogP contribution in [0.3, 0.4) is 0 Å². The zero-order valence-electron chi connectivity index (χ0n) is 9.58. The Balaban J connectivity index is 2.18. The number of benzene rings is 1. The molecular weight excluding hydrogens is 260 g/mol. The fraction of sp³-hybridized carbons (Fsp3) is 0.417.